The smallest absolute Gasteiger partial charge is 0.317 e. The predicted molar refractivity (Wildman–Crippen MR) is 92.1 cm³/mol. The molecule has 1 aromatic carbocycles. The molecule has 2 fully saturated rings. The zero-order valence-corrected chi connectivity index (χ0v) is 14.2. The molecule has 1 unspecified atom stereocenters. The maximum Gasteiger partial charge on any atom is 0.317 e. The number of aliphatic carboxylic acids is 1. The topological polar surface area (TPSA) is 72.9 Å². The fraction of sp³-hybridized carbons (Fsp3) is 0.556. The van der Waals surface area contributed by atoms with E-state index < -0.39 is 5.97 Å². The Balaban J connectivity index is 1.52. The van der Waals surface area contributed by atoms with Crippen LogP contribution in [0.3, 0.4) is 0 Å². The summed E-state index contributed by atoms with van der Waals surface area (Å²) in [4.78, 5) is 27.2. The van der Waals surface area contributed by atoms with E-state index in [9.17, 15) is 14.0 Å². The van der Waals surface area contributed by atoms with E-state index in [1.807, 2.05) is 6.07 Å². The van der Waals surface area contributed by atoms with Gasteiger partial charge in [0.2, 0.25) is 0 Å². The van der Waals surface area contributed by atoms with Crippen LogP contribution in [0.5, 0.6) is 0 Å². The molecular weight excluding hydrogens is 325 g/mol. The zero-order valence-electron chi connectivity index (χ0n) is 14.2. The van der Waals surface area contributed by atoms with Gasteiger partial charge < -0.3 is 20.2 Å². The maximum atomic E-state index is 13.4. The van der Waals surface area contributed by atoms with Crippen molar-refractivity contribution >= 4 is 17.7 Å². The molecule has 7 heteroatoms. The van der Waals surface area contributed by atoms with Crippen LogP contribution in [-0.4, -0.2) is 54.2 Å². The number of carboxylic acids is 1. The summed E-state index contributed by atoms with van der Waals surface area (Å²) in [5.74, 6) is -1.38. The molecule has 0 aliphatic carbocycles. The summed E-state index contributed by atoms with van der Waals surface area (Å²) in [6, 6.07) is 6.40. The molecule has 0 saturated carbocycles. The average molecular weight is 349 g/mol. The number of nitrogens with zero attached hydrogens (tertiary/aromatic N) is 2. The summed E-state index contributed by atoms with van der Waals surface area (Å²) in [7, 11) is 0. The molecule has 2 heterocycles. The van der Waals surface area contributed by atoms with Gasteiger partial charge in [-0.15, -0.1) is 0 Å². The largest absolute Gasteiger partial charge is 0.481 e. The van der Waals surface area contributed by atoms with E-state index in [0.717, 1.165) is 25.1 Å². The van der Waals surface area contributed by atoms with E-state index >= 15 is 0 Å². The Morgan fingerprint density at radius 1 is 1.16 bits per heavy atom. The lowest BCUT2D eigenvalue weighted by molar-refractivity contribution is -0.143. The van der Waals surface area contributed by atoms with E-state index in [4.69, 9.17) is 5.11 Å². The van der Waals surface area contributed by atoms with Crippen LogP contribution < -0.4 is 10.2 Å². The minimum absolute atomic E-state index is 0.0155. The molecule has 0 radical (unpaired) electrons. The third-order valence-electron chi connectivity index (χ3n) is 5.05. The molecule has 0 bridgehead atoms. The SMILES string of the molecule is O=C(O)C1CCN(C(=O)NC2CCCN(c3cccc(F)c3)C2)CC1. The molecule has 2 N–H and O–H groups in total. The molecule has 1 aromatic rings. The van der Waals surface area contributed by atoms with Gasteiger partial charge in [0, 0.05) is 37.9 Å². The van der Waals surface area contributed by atoms with E-state index in [2.05, 4.69) is 10.2 Å². The first-order chi connectivity index (χ1) is 12.0. The number of anilines is 1. The van der Waals surface area contributed by atoms with Gasteiger partial charge in [0.25, 0.3) is 0 Å². The number of hydrogen-bond donors (Lipinski definition) is 2. The highest BCUT2D eigenvalue weighted by atomic mass is 19.1. The van der Waals surface area contributed by atoms with Gasteiger partial charge in [-0.05, 0) is 43.9 Å². The van der Waals surface area contributed by atoms with Crippen molar-refractivity contribution in [1.82, 2.24) is 10.2 Å². The molecule has 2 saturated heterocycles. The van der Waals surface area contributed by atoms with Gasteiger partial charge in [0.05, 0.1) is 5.92 Å². The van der Waals surface area contributed by atoms with Gasteiger partial charge in [-0.1, -0.05) is 6.07 Å². The highest BCUT2D eigenvalue weighted by Gasteiger charge is 2.29. The molecule has 136 valence electrons. The molecule has 1 atom stereocenters. The maximum absolute atomic E-state index is 13.4. The van der Waals surface area contributed by atoms with Crippen molar-refractivity contribution < 1.29 is 19.1 Å². The van der Waals surface area contributed by atoms with Crippen molar-refractivity contribution in [2.75, 3.05) is 31.1 Å². The minimum atomic E-state index is -0.780. The van der Waals surface area contributed by atoms with Gasteiger partial charge in [0.1, 0.15) is 5.82 Å². The third kappa shape index (κ3) is 4.41. The van der Waals surface area contributed by atoms with Crippen molar-refractivity contribution in [3.63, 3.8) is 0 Å². The molecular formula is C18H24FN3O3. The van der Waals surface area contributed by atoms with Gasteiger partial charge in [-0.2, -0.15) is 0 Å². The van der Waals surface area contributed by atoms with Crippen LogP contribution in [0.4, 0.5) is 14.9 Å². The van der Waals surface area contributed by atoms with E-state index in [0.29, 0.717) is 32.5 Å². The Morgan fingerprint density at radius 3 is 2.60 bits per heavy atom. The van der Waals surface area contributed by atoms with Crippen molar-refractivity contribution in [1.29, 1.82) is 0 Å². The molecule has 3 rings (SSSR count). The molecule has 2 aliphatic rings. The minimum Gasteiger partial charge on any atom is -0.481 e. The van der Waals surface area contributed by atoms with Crippen LogP contribution >= 0.6 is 0 Å². The molecule has 6 nitrogen and oxygen atoms in total. The molecule has 2 aliphatic heterocycles. The highest BCUT2D eigenvalue weighted by Crippen LogP contribution is 2.21. The molecule has 0 spiro atoms. The number of amides is 2. The van der Waals surface area contributed by atoms with E-state index in [1.54, 1.807) is 11.0 Å². The fourth-order valence-electron chi connectivity index (χ4n) is 3.60. The lowest BCUT2D eigenvalue weighted by atomic mass is 9.97. The van der Waals surface area contributed by atoms with Gasteiger partial charge in [-0.25, -0.2) is 9.18 Å². The summed E-state index contributed by atoms with van der Waals surface area (Å²) >= 11 is 0. The first kappa shape index (κ1) is 17.5. The Kier molecular flexibility index (Phi) is 5.40. The molecule has 2 amide bonds. The zero-order chi connectivity index (χ0) is 17.8. The quantitative estimate of drug-likeness (QED) is 0.878. The third-order valence-corrected chi connectivity index (χ3v) is 5.05. The number of halogens is 1. The summed E-state index contributed by atoms with van der Waals surface area (Å²) in [6.07, 6.45) is 2.83. The second kappa shape index (κ2) is 7.72. The van der Waals surface area contributed by atoms with Gasteiger partial charge in [0.15, 0.2) is 0 Å². The number of carbonyl (C=O) groups excluding carboxylic acids is 1. The number of rotatable bonds is 3. The van der Waals surface area contributed by atoms with Crippen molar-refractivity contribution in [3.8, 4) is 0 Å². The normalized spacial score (nSPS) is 21.9. The summed E-state index contributed by atoms with van der Waals surface area (Å²) in [5, 5.41) is 12.1. The summed E-state index contributed by atoms with van der Waals surface area (Å²) in [6.45, 7) is 2.45. The number of likely N-dealkylation sites (tertiary alicyclic amines) is 1. The summed E-state index contributed by atoms with van der Waals surface area (Å²) in [5.41, 5.74) is 0.834. The van der Waals surface area contributed by atoms with E-state index in [1.165, 1.54) is 12.1 Å². The Hall–Kier alpha value is -2.31. The predicted octanol–water partition coefficient (Wildman–Crippen LogP) is 2.30. The lowest BCUT2D eigenvalue weighted by Crippen LogP contribution is -2.53. The number of carboxylic acid groups (broad SMARTS) is 1. The number of carbonyl (C=O) groups is 2. The van der Waals surface area contributed by atoms with Crippen LogP contribution in [0.25, 0.3) is 0 Å². The first-order valence-electron chi connectivity index (χ1n) is 8.81. The van der Waals surface area contributed by atoms with Crippen LogP contribution in [0.15, 0.2) is 24.3 Å². The van der Waals surface area contributed by atoms with Crippen LogP contribution in [-0.2, 0) is 4.79 Å². The number of piperidine rings is 2. The number of hydrogen-bond acceptors (Lipinski definition) is 3. The molecule has 0 aromatic heterocycles. The second-order valence-electron chi connectivity index (χ2n) is 6.81. The van der Waals surface area contributed by atoms with Crippen molar-refractivity contribution in [3.05, 3.63) is 30.1 Å². The average Bonchev–Trinajstić information content (AvgIpc) is 2.62. The highest BCUT2D eigenvalue weighted by molar-refractivity contribution is 5.75. The molecule has 25 heavy (non-hydrogen) atoms. The van der Waals surface area contributed by atoms with Crippen LogP contribution in [0, 0.1) is 11.7 Å². The first-order valence-corrected chi connectivity index (χ1v) is 8.81. The van der Waals surface area contributed by atoms with Crippen molar-refractivity contribution in [2.24, 2.45) is 5.92 Å². The van der Waals surface area contributed by atoms with Gasteiger partial charge in [-0.3, -0.25) is 4.79 Å². The Morgan fingerprint density at radius 2 is 1.92 bits per heavy atom. The Labute approximate surface area is 146 Å². The van der Waals surface area contributed by atoms with E-state index in [-0.39, 0.29) is 23.8 Å². The number of urea groups is 1. The van der Waals surface area contributed by atoms with Crippen molar-refractivity contribution in [2.45, 2.75) is 31.7 Å². The number of benzene rings is 1. The Bertz CT molecular complexity index is 632. The number of nitrogens with one attached hydrogen (secondary N) is 1. The standard InChI is InChI=1S/C18H24FN3O3/c19-14-3-1-5-16(11-14)22-8-2-4-15(12-22)20-18(25)21-9-6-13(7-10-21)17(23)24/h1,3,5,11,13,15H,2,4,6-10,12H2,(H,20,25)(H,23,24). The van der Waals surface area contributed by atoms with Crippen LogP contribution in [0.1, 0.15) is 25.7 Å². The second-order valence-corrected chi connectivity index (χ2v) is 6.81. The lowest BCUT2D eigenvalue weighted by Gasteiger charge is -2.37. The monoisotopic (exact) mass is 349 g/mol. The fourth-order valence-corrected chi connectivity index (χ4v) is 3.60. The van der Waals surface area contributed by atoms with Gasteiger partial charge >= 0.3 is 12.0 Å². The summed E-state index contributed by atoms with van der Waals surface area (Å²) < 4.78 is 13.4. The van der Waals surface area contributed by atoms with Crippen LogP contribution in [0.2, 0.25) is 0 Å².